The lowest BCUT2D eigenvalue weighted by molar-refractivity contribution is 0.975. The molecule has 0 fully saturated rings. The second-order valence-corrected chi connectivity index (χ2v) is 7.54. The summed E-state index contributed by atoms with van der Waals surface area (Å²) in [7, 11) is 0. The van der Waals surface area contributed by atoms with Crippen LogP contribution in [0, 0.1) is 29.6 Å². The Bertz CT molecular complexity index is 1490. The number of thiazole rings is 1. The van der Waals surface area contributed by atoms with E-state index < -0.39 is 0 Å². The fraction of sp³-hybridized carbons (Fsp3) is 0.0417. The Morgan fingerprint density at radius 3 is 2.41 bits per heavy atom. The van der Waals surface area contributed by atoms with E-state index in [4.69, 9.17) is 0 Å². The first kappa shape index (κ1) is 18.4. The Morgan fingerprint density at radius 1 is 0.966 bits per heavy atom. The van der Waals surface area contributed by atoms with Crippen LogP contribution < -0.4 is 14.8 Å². The van der Waals surface area contributed by atoms with Gasteiger partial charge in [-0.25, -0.2) is 0 Å². The van der Waals surface area contributed by atoms with E-state index in [1.165, 1.54) is 4.57 Å². The van der Waals surface area contributed by atoms with Crippen molar-refractivity contribution in [1.29, 1.82) is 10.5 Å². The molecule has 1 aromatic heterocycles. The lowest BCUT2D eigenvalue weighted by Gasteiger charge is -2.05. The zero-order valence-corrected chi connectivity index (χ0v) is 16.4. The summed E-state index contributed by atoms with van der Waals surface area (Å²) >= 11 is 1.16. The van der Waals surface area contributed by atoms with Crippen molar-refractivity contribution in [3.63, 3.8) is 0 Å². The average molecular weight is 393 g/mol. The zero-order chi connectivity index (χ0) is 20.4. The van der Waals surface area contributed by atoms with Crippen LogP contribution in [-0.2, 0) is 0 Å². The monoisotopic (exact) mass is 393 g/mol. The quantitative estimate of drug-likeness (QED) is 0.524. The van der Waals surface area contributed by atoms with E-state index in [1.54, 1.807) is 0 Å². The number of para-hydroxylation sites is 1. The van der Waals surface area contributed by atoms with Gasteiger partial charge in [-0.05, 0) is 41.0 Å². The van der Waals surface area contributed by atoms with E-state index >= 15 is 0 Å². The maximum atomic E-state index is 13.3. The molecule has 0 bridgehead atoms. The maximum Gasteiger partial charge on any atom is 0.273 e. The highest BCUT2D eigenvalue weighted by Crippen LogP contribution is 2.19. The fourth-order valence-corrected chi connectivity index (χ4v) is 4.36. The highest BCUT2D eigenvalue weighted by molar-refractivity contribution is 7.07. The summed E-state index contributed by atoms with van der Waals surface area (Å²) in [5.74, 6) is 0. The molecule has 4 aromatic rings. The molecule has 3 aromatic carbocycles. The van der Waals surface area contributed by atoms with Gasteiger partial charge < -0.3 is 0 Å². The van der Waals surface area contributed by atoms with Crippen molar-refractivity contribution in [3.8, 4) is 17.8 Å². The van der Waals surface area contributed by atoms with Crippen LogP contribution in [0.2, 0.25) is 0 Å². The molecule has 29 heavy (non-hydrogen) atoms. The molecule has 138 valence electrons. The summed E-state index contributed by atoms with van der Waals surface area (Å²) in [6, 6.07) is 25.2. The first-order valence-corrected chi connectivity index (χ1v) is 9.77. The van der Waals surface area contributed by atoms with Gasteiger partial charge in [0, 0.05) is 0 Å². The lowest BCUT2D eigenvalue weighted by atomic mass is 10.0. The molecule has 0 aliphatic carbocycles. The highest BCUT2D eigenvalue weighted by Gasteiger charge is 2.13. The first-order chi connectivity index (χ1) is 14.1. The third-order valence-electron chi connectivity index (χ3n) is 4.73. The minimum atomic E-state index is -0.241. The number of hydrogen-bond acceptors (Lipinski definition) is 4. The minimum Gasteiger partial charge on any atom is -0.267 e. The topological polar surface area (TPSA) is 69.6 Å². The molecule has 0 saturated carbocycles. The molecule has 0 saturated heterocycles. The molecule has 1 heterocycles. The van der Waals surface area contributed by atoms with Crippen LogP contribution in [0.4, 0.5) is 0 Å². The number of benzene rings is 3. The van der Waals surface area contributed by atoms with Crippen LogP contribution in [0.15, 0.2) is 71.5 Å². The highest BCUT2D eigenvalue weighted by atomic mass is 32.1. The number of hydrogen-bond donors (Lipinski definition) is 0. The lowest BCUT2D eigenvalue weighted by Crippen LogP contribution is -2.31. The number of aromatic nitrogens is 1. The van der Waals surface area contributed by atoms with Gasteiger partial charge in [0.15, 0.2) is 5.57 Å². The van der Waals surface area contributed by atoms with Gasteiger partial charge in [-0.1, -0.05) is 60.7 Å². The molecule has 4 rings (SSSR count). The van der Waals surface area contributed by atoms with E-state index in [1.807, 2.05) is 91.9 Å². The average Bonchev–Trinajstić information content (AvgIpc) is 3.05. The summed E-state index contributed by atoms with van der Waals surface area (Å²) in [4.78, 5) is 13.3. The molecule has 0 aliphatic heterocycles. The summed E-state index contributed by atoms with van der Waals surface area (Å²) < 4.78 is 2.29. The van der Waals surface area contributed by atoms with Crippen LogP contribution in [0.5, 0.6) is 0 Å². The molecule has 0 atom stereocenters. The molecule has 0 aliphatic rings. The third kappa shape index (κ3) is 3.25. The van der Waals surface area contributed by atoms with E-state index in [-0.39, 0.29) is 11.1 Å². The molecule has 0 amide bonds. The van der Waals surface area contributed by atoms with E-state index in [0.29, 0.717) is 14.9 Å². The van der Waals surface area contributed by atoms with Gasteiger partial charge in [-0.15, -0.1) is 11.3 Å². The largest absolute Gasteiger partial charge is 0.273 e. The van der Waals surface area contributed by atoms with Crippen molar-refractivity contribution < 1.29 is 0 Å². The Balaban J connectivity index is 2.12. The fourth-order valence-electron chi connectivity index (χ4n) is 3.32. The van der Waals surface area contributed by atoms with Crippen molar-refractivity contribution in [2.75, 3.05) is 0 Å². The van der Waals surface area contributed by atoms with Gasteiger partial charge in [0.25, 0.3) is 5.56 Å². The van der Waals surface area contributed by atoms with Crippen molar-refractivity contribution in [2.24, 2.45) is 0 Å². The second-order valence-electron chi connectivity index (χ2n) is 6.51. The molecule has 4 nitrogen and oxygen atoms in total. The Labute approximate surface area is 171 Å². The minimum absolute atomic E-state index is 0.0760. The van der Waals surface area contributed by atoms with Crippen LogP contribution in [-0.4, -0.2) is 4.57 Å². The van der Waals surface area contributed by atoms with Gasteiger partial charge in [0.05, 0.1) is 10.2 Å². The number of nitriles is 2. The van der Waals surface area contributed by atoms with Gasteiger partial charge >= 0.3 is 0 Å². The number of nitrogens with zero attached hydrogens (tertiary/aromatic N) is 3. The number of rotatable bonds is 2. The SMILES string of the molecule is Cc1ccccc1-n1c(=C(C#N)C#N)s/c(=C/c2cccc3ccccc23)c1=O. The summed E-state index contributed by atoms with van der Waals surface area (Å²) in [6.07, 6.45) is 1.83. The van der Waals surface area contributed by atoms with E-state index in [9.17, 15) is 15.3 Å². The summed E-state index contributed by atoms with van der Waals surface area (Å²) in [5.41, 5.74) is 2.16. The maximum absolute atomic E-state index is 13.3. The molecule has 0 unspecified atom stereocenters. The van der Waals surface area contributed by atoms with Gasteiger partial charge in [0.2, 0.25) is 0 Å². The molecule has 0 radical (unpaired) electrons. The number of aryl methyl sites for hydroxylation is 1. The van der Waals surface area contributed by atoms with Crippen LogP contribution in [0.25, 0.3) is 28.1 Å². The summed E-state index contributed by atoms with van der Waals surface area (Å²) in [5, 5.41) is 21.0. The predicted molar refractivity (Wildman–Crippen MR) is 116 cm³/mol. The van der Waals surface area contributed by atoms with Gasteiger partial charge in [-0.2, -0.15) is 10.5 Å². The zero-order valence-electron chi connectivity index (χ0n) is 15.6. The van der Waals surface area contributed by atoms with Crippen molar-refractivity contribution >= 4 is 33.8 Å². The molecular formula is C24H15N3OS. The standard InChI is InChI=1S/C24H15N3OS/c1-16-7-2-5-12-21(16)27-23(28)22(29-24(27)19(14-25)15-26)13-18-10-6-9-17-8-3-4-11-20(17)18/h2-13H,1H3/b22-13+. The Hall–Kier alpha value is -3.93. The molecule has 0 spiro atoms. The Kier molecular flexibility index (Phi) is 4.83. The summed E-state index contributed by atoms with van der Waals surface area (Å²) in [6.45, 7) is 1.90. The molecule has 0 N–H and O–H groups in total. The molecular weight excluding hydrogens is 378 g/mol. The normalized spacial score (nSPS) is 11.2. The smallest absolute Gasteiger partial charge is 0.267 e. The van der Waals surface area contributed by atoms with Gasteiger partial charge in [0.1, 0.15) is 16.8 Å². The van der Waals surface area contributed by atoms with Crippen molar-refractivity contribution in [3.05, 3.63) is 97.4 Å². The van der Waals surface area contributed by atoms with Crippen molar-refractivity contribution in [1.82, 2.24) is 4.57 Å². The van der Waals surface area contributed by atoms with Crippen LogP contribution >= 0.6 is 11.3 Å². The van der Waals surface area contributed by atoms with Gasteiger partial charge in [-0.3, -0.25) is 9.36 Å². The Morgan fingerprint density at radius 2 is 1.66 bits per heavy atom. The van der Waals surface area contributed by atoms with Crippen LogP contribution in [0.3, 0.4) is 0 Å². The number of fused-ring (bicyclic) bond motifs is 1. The first-order valence-electron chi connectivity index (χ1n) is 8.96. The molecule has 5 heteroatoms. The van der Waals surface area contributed by atoms with Crippen LogP contribution in [0.1, 0.15) is 11.1 Å². The van der Waals surface area contributed by atoms with Crippen molar-refractivity contribution in [2.45, 2.75) is 6.92 Å². The van der Waals surface area contributed by atoms with E-state index in [2.05, 4.69) is 0 Å². The van der Waals surface area contributed by atoms with E-state index in [0.717, 1.165) is 33.2 Å². The third-order valence-corrected chi connectivity index (χ3v) is 5.82. The predicted octanol–water partition coefficient (Wildman–Crippen LogP) is 3.39. The second kappa shape index (κ2) is 7.59.